The highest BCUT2D eigenvalue weighted by molar-refractivity contribution is 14.0. The number of benzene rings is 1. The van der Waals surface area contributed by atoms with Crippen LogP contribution in [0.3, 0.4) is 0 Å². The number of hydrogen-bond donors (Lipinski definition) is 2. The van der Waals surface area contributed by atoms with E-state index in [1.807, 2.05) is 25.2 Å². The average molecular weight is 556 g/mol. The molecule has 0 radical (unpaired) electrons. The van der Waals surface area contributed by atoms with Crippen molar-refractivity contribution >= 4 is 57.5 Å². The van der Waals surface area contributed by atoms with Gasteiger partial charge >= 0.3 is 0 Å². The third kappa shape index (κ3) is 8.15. The number of hydrogen-bond acceptors (Lipinski definition) is 2. The van der Waals surface area contributed by atoms with Crippen LogP contribution < -0.4 is 10.6 Å². The van der Waals surface area contributed by atoms with Crippen LogP contribution >= 0.6 is 51.5 Å². The summed E-state index contributed by atoms with van der Waals surface area (Å²) >= 11 is 9.64. The van der Waals surface area contributed by atoms with Gasteiger partial charge in [-0.15, -0.1) is 24.0 Å². The van der Waals surface area contributed by atoms with Gasteiger partial charge in [0.1, 0.15) is 0 Å². The number of halogens is 3. The van der Waals surface area contributed by atoms with Crippen LogP contribution in [-0.4, -0.2) is 50.1 Å². The first-order chi connectivity index (χ1) is 12.0. The zero-order chi connectivity index (χ0) is 18.2. The summed E-state index contributed by atoms with van der Waals surface area (Å²) in [6.07, 6.45) is 3.15. The Kier molecular flexibility index (Phi) is 11.1. The van der Waals surface area contributed by atoms with Crippen molar-refractivity contribution in [3.8, 4) is 0 Å². The molecule has 2 rings (SSSR count). The SMILES string of the molecule is C=C(C)CN1CCC(NC(=NC)NCCc2cc(Cl)ccc2Br)CC1.I. The van der Waals surface area contributed by atoms with Crippen molar-refractivity contribution in [3.05, 3.63) is 45.4 Å². The van der Waals surface area contributed by atoms with Gasteiger partial charge in [-0.1, -0.05) is 39.7 Å². The van der Waals surface area contributed by atoms with Crippen LogP contribution in [0.25, 0.3) is 0 Å². The van der Waals surface area contributed by atoms with Crippen molar-refractivity contribution in [2.75, 3.05) is 33.2 Å². The number of nitrogens with zero attached hydrogens (tertiary/aromatic N) is 2. The van der Waals surface area contributed by atoms with Crippen molar-refractivity contribution < 1.29 is 0 Å². The molecule has 1 saturated heterocycles. The molecule has 1 aliphatic heterocycles. The summed E-state index contributed by atoms with van der Waals surface area (Å²) < 4.78 is 1.09. The van der Waals surface area contributed by atoms with Gasteiger partial charge in [-0.2, -0.15) is 0 Å². The highest BCUT2D eigenvalue weighted by atomic mass is 127. The first-order valence-electron chi connectivity index (χ1n) is 8.75. The molecular weight excluding hydrogens is 526 g/mol. The van der Waals surface area contributed by atoms with Gasteiger partial charge in [0.25, 0.3) is 0 Å². The molecule has 26 heavy (non-hydrogen) atoms. The maximum atomic E-state index is 6.07. The minimum absolute atomic E-state index is 0. The van der Waals surface area contributed by atoms with E-state index in [4.69, 9.17) is 11.6 Å². The summed E-state index contributed by atoms with van der Waals surface area (Å²) in [6.45, 7) is 10.1. The molecule has 1 aromatic carbocycles. The van der Waals surface area contributed by atoms with Gasteiger partial charge in [0.05, 0.1) is 0 Å². The van der Waals surface area contributed by atoms with E-state index in [0.29, 0.717) is 6.04 Å². The number of piperidine rings is 1. The van der Waals surface area contributed by atoms with Gasteiger partial charge in [-0.3, -0.25) is 9.89 Å². The van der Waals surface area contributed by atoms with Gasteiger partial charge in [0.2, 0.25) is 0 Å². The summed E-state index contributed by atoms with van der Waals surface area (Å²) in [4.78, 5) is 6.82. The number of guanidine groups is 1. The maximum Gasteiger partial charge on any atom is 0.191 e. The lowest BCUT2D eigenvalue weighted by Crippen LogP contribution is -2.49. The Hall–Kier alpha value is -0.310. The molecule has 0 aliphatic carbocycles. The van der Waals surface area contributed by atoms with E-state index in [-0.39, 0.29) is 24.0 Å². The third-order valence-corrected chi connectivity index (χ3v) is 5.35. The summed E-state index contributed by atoms with van der Waals surface area (Å²) in [5.74, 6) is 0.872. The molecule has 1 aromatic rings. The van der Waals surface area contributed by atoms with Crippen LogP contribution in [0.1, 0.15) is 25.3 Å². The second-order valence-electron chi connectivity index (χ2n) is 6.64. The molecule has 0 aromatic heterocycles. The molecule has 0 unspecified atom stereocenters. The first kappa shape index (κ1) is 23.7. The maximum absolute atomic E-state index is 6.07. The molecule has 146 valence electrons. The summed E-state index contributed by atoms with van der Waals surface area (Å²) in [5, 5.41) is 7.71. The van der Waals surface area contributed by atoms with Crippen LogP contribution in [0, 0.1) is 0 Å². The van der Waals surface area contributed by atoms with Gasteiger partial charge in [-0.05, 0) is 49.9 Å². The van der Waals surface area contributed by atoms with E-state index in [0.717, 1.165) is 60.9 Å². The molecule has 7 heteroatoms. The predicted octanol–water partition coefficient (Wildman–Crippen LogP) is 4.47. The second-order valence-corrected chi connectivity index (χ2v) is 7.93. The molecule has 1 fully saturated rings. The zero-order valence-electron chi connectivity index (χ0n) is 15.5. The Bertz CT molecular complexity index is 616. The summed E-state index contributed by atoms with van der Waals surface area (Å²) in [5.41, 5.74) is 2.43. The molecule has 0 saturated carbocycles. The van der Waals surface area contributed by atoms with Crippen LogP contribution in [0.5, 0.6) is 0 Å². The van der Waals surface area contributed by atoms with E-state index in [1.54, 1.807) is 0 Å². The molecule has 1 heterocycles. The fourth-order valence-corrected chi connectivity index (χ4v) is 3.70. The Morgan fingerprint density at radius 2 is 2.08 bits per heavy atom. The van der Waals surface area contributed by atoms with Crippen LogP contribution in [0.2, 0.25) is 5.02 Å². The molecular formula is C19H29BrClIN4. The zero-order valence-corrected chi connectivity index (χ0v) is 20.2. The van der Waals surface area contributed by atoms with Crippen molar-refractivity contribution in [2.24, 2.45) is 4.99 Å². The monoisotopic (exact) mass is 554 g/mol. The first-order valence-corrected chi connectivity index (χ1v) is 9.93. The standard InChI is InChI=1S/C19H28BrClN4.HI/c1-14(2)13-25-10-7-17(8-11-25)24-19(22-3)23-9-6-15-12-16(21)4-5-18(15)20;/h4-5,12,17H,1,6-11,13H2,2-3H3,(H2,22,23,24);1H. The molecule has 4 nitrogen and oxygen atoms in total. The van der Waals surface area contributed by atoms with E-state index < -0.39 is 0 Å². The minimum atomic E-state index is 0. The van der Waals surface area contributed by atoms with Crippen LogP contribution in [-0.2, 0) is 6.42 Å². The number of nitrogens with one attached hydrogen (secondary N) is 2. The van der Waals surface area contributed by atoms with Crippen molar-refractivity contribution in [3.63, 3.8) is 0 Å². The molecule has 0 amide bonds. The van der Waals surface area contributed by atoms with Gasteiger partial charge < -0.3 is 10.6 Å². The normalized spacial score (nSPS) is 16.1. The third-order valence-electron chi connectivity index (χ3n) is 4.34. The van der Waals surface area contributed by atoms with Gasteiger partial charge in [0, 0.05) is 48.8 Å². The van der Waals surface area contributed by atoms with Crippen molar-refractivity contribution in [2.45, 2.75) is 32.2 Å². The molecule has 0 atom stereocenters. The highest BCUT2D eigenvalue weighted by Gasteiger charge is 2.19. The lowest BCUT2D eigenvalue weighted by Gasteiger charge is -2.33. The van der Waals surface area contributed by atoms with E-state index in [1.165, 1.54) is 11.1 Å². The molecule has 0 bridgehead atoms. The highest BCUT2D eigenvalue weighted by Crippen LogP contribution is 2.21. The Balaban J connectivity index is 0.00000338. The van der Waals surface area contributed by atoms with Crippen molar-refractivity contribution in [1.29, 1.82) is 0 Å². The van der Waals surface area contributed by atoms with E-state index in [9.17, 15) is 0 Å². The largest absolute Gasteiger partial charge is 0.356 e. The quantitative estimate of drug-likeness (QED) is 0.236. The van der Waals surface area contributed by atoms with Crippen LogP contribution in [0.4, 0.5) is 0 Å². The lowest BCUT2D eigenvalue weighted by molar-refractivity contribution is 0.221. The average Bonchev–Trinajstić information content (AvgIpc) is 2.58. The molecule has 0 spiro atoms. The lowest BCUT2D eigenvalue weighted by atomic mass is 10.0. The van der Waals surface area contributed by atoms with Gasteiger partial charge in [-0.25, -0.2) is 0 Å². The summed E-state index contributed by atoms with van der Waals surface area (Å²) in [6, 6.07) is 6.36. The van der Waals surface area contributed by atoms with Crippen molar-refractivity contribution in [1.82, 2.24) is 15.5 Å². The van der Waals surface area contributed by atoms with Crippen LogP contribution in [0.15, 0.2) is 39.8 Å². The second kappa shape index (κ2) is 12.2. The fraction of sp³-hybridized carbons (Fsp3) is 0.526. The number of likely N-dealkylation sites (tertiary alicyclic amines) is 1. The number of aliphatic imine (C=N–C) groups is 1. The summed E-state index contributed by atoms with van der Waals surface area (Å²) in [7, 11) is 1.82. The number of rotatable bonds is 6. The molecule has 2 N–H and O–H groups in total. The fourth-order valence-electron chi connectivity index (χ4n) is 3.06. The topological polar surface area (TPSA) is 39.7 Å². The Labute approximate surface area is 188 Å². The van der Waals surface area contributed by atoms with E-state index in [2.05, 4.69) is 50.0 Å². The van der Waals surface area contributed by atoms with E-state index >= 15 is 0 Å². The Morgan fingerprint density at radius 3 is 2.69 bits per heavy atom. The smallest absolute Gasteiger partial charge is 0.191 e. The predicted molar refractivity (Wildman–Crippen MR) is 127 cm³/mol. The Morgan fingerprint density at radius 1 is 1.38 bits per heavy atom. The molecule has 1 aliphatic rings. The minimum Gasteiger partial charge on any atom is -0.356 e. The van der Waals surface area contributed by atoms with Gasteiger partial charge in [0.15, 0.2) is 5.96 Å².